The molecule has 1 N–H and O–H groups in total. The molecule has 3 rings (SSSR count). The van der Waals surface area contributed by atoms with Crippen molar-refractivity contribution < 1.29 is 23.1 Å². The summed E-state index contributed by atoms with van der Waals surface area (Å²) >= 11 is 0. The molecule has 0 amide bonds. The number of hydroxylamine groups is 2. The number of rotatable bonds is 4. The molecule has 0 saturated carbocycles. The maximum atomic E-state index is 13.1. The Kier molecular flexibility index (Phi) is 4.16. The lowest BCUT2D eigenvalue weighted by atomic mass is 10.1. The van der Waals surface area contributed by atoms with Gasteiger partial charge in [-0.05, 0) is 18.2 Å². The number of methoxy groups -OCH3 is 2. The Morgan fingerprint density at radius 1 is 1.12 bits per heavy atom. The van der Waals surface area contributed by atoms with Gasteiger partial charge < -0.3 is 9.47 Å². The van der Waals surface area contributed by atoms with E-state index >= 15 is 0 Å². The molecule has 0 aromatic heterocycles. The van der Waals surface area contributed by atoms with Crippen LogP contribution in [0.1, 0.15) is 5.56 Å². The highest BCUT2D eigenvalue weighted by molar-refractivity contribution is 7.91. The zero-order chi connectivity index (χ0) is 17.3. The largest absolute Gasteiger partial charge is 0.497 e. The monoisotopic (exact) mass is 348 g/mol. The van der Waals surface area contributed by atoms with E-state index in [0.29, 0.717) is 22.7 Å². The third-order valence-electron chi connectivity index (χ3n) is 3.66. The zero-order valence-electron chi connectivity index (χ0n) is 13.1. The van der Waals surface area contributed by atoms with Gasteiger partial charge in [0.1, 0.15) is 17.8 Å². The van der Waals surface area contributed by atoms with Crippen molar-refractivity contribution in [1.29, 1.82) is 0 Å². The van der Waals surface area contributed by atoms with Crippen molar-refractivity contribution in [2.75, 3.05) is 14.2 Å². The number of fused-ring (bicyclic) bond motifs is 1. The van der Waals surface area contributed by atoms with E-state index in [-0.39, 0.29) is 16.3 Å². The number of nitrogens with zero attached hydrogens (tertiary/aromatic N) is 2. The Morgan fingerprint density at radius 3 is 2.42 bits per heavy atom. The summed E-state index contributed by atoms with van der Waals surface area (Å²) in [7, 11) is -0.929. The summed E-state index contributed by atoms with van der Waals surface area (Å²) in [5.74, 6) is 0.755. The quantitative estimate of drug-likeness (QED) is 0.913. The fourth-order valence-corrected chi connectivity index (χ4v) is 3.95. The summed E-state index contributed by atoms with van der Waals surface area (Å²) in [4.78, 5) is 4.18. The van der Waals surface area contributed by atoms with Crippen LogP contribution in [0, 0.1) is 0 Å². The molecule has 0 fully saturated rings. The highest BCUT2D eigenvalue weighted by atomic mass is 32.2. The SMILES string of the molecule is COc1cc(OC)cc(S(=O)(=O)c2cccc3c2N=CN(O)C3)c1. The normalized spacial score (nSPS) is 13.5. The van der Waals surface area contributed by atoms with E-state index in [1.165, 1.54) is 38.8 Å². The average molecular weight is 348 g/mol. The van der Waals surface area contributed by atoms with Gasteiger partial charge in [0.05, 0.1) is 36.2 Å². The van der Waals surface area contributed by atoms with Crippen molar-refractivity contribution in [2.24, 2.45) is 4.99 Å². The summed E-state index contributed by atoms with van der Waals surface area (Å²) in [6.07, 6.45) is 1.19. The lowest BCUT2D eigenvalue weighted by Crippen LogP contribution is -2.20. The predicted octanol–water partition coefficient (Wildman–Crippen LogP) is 2.40. The van der Waals surface area contributed by atoms with Crippen LogP contribution in [0.15, 0.2) is 51.2 Å². The lowest BCUT2D eigenvalue weighted by Gasteiger charge is -2.20. The summed E-state index contributed by atoms with van der Waals surface area (Å²) in [6.45, 7) is 0.170. The Bertz CT molecular complexity index is 886. The van der Waals surface area contributed by atoms with Crippen LogP contribution in [0.4, 0.5) is 5.69 Å². The molecule has 0 atom stereocenters. The number of aliphatic imine (C=N–C) groups is 1. The number of para-hydroxylation sites is 1. The van der Waals surface area contributed by atoms with Gasteiger partial charge in [-0.15, -0.1) is 0 Å². The fourth-order valence-electron chi connectivity index (χ4n) is 2.46. The number of hydrogen-bond acceptors (Lipinski definition) is 7. The Hall–Kier alpha value is -2.58. The first kappa shape index (κ1) is 16.3. The van der Waals surface area contributed by atoms with E-state index in [0.717, 1.165) is 5.06 Å². The molecule has 0 bridgehead atoms. The van der Waals surface area contributed by atoms with Crippen molar-refractivity contribution >= 4 is 21.9 Å². The zero-order valence-corrected chi connectivity index (χ0v) is 13.9. The fraction of sp³-hybridized carbons (Fsp3) is 0.188. The molecule has 1 aliphatic heterocycles. The minimum Gasteiger partial charge on any atom is -0.497 e. The smallest absolute Gasteiger partial charge is 0.209 e. The summed E-state index contributed by atoms with van der Waals surface area (Å²) in [5.41, 5.74) is 0.945. The van der Waals surface area contributed by atoms with Crippen molar-refractivity contribution in [3.05, 3.63) is 42.0 Å². The first-order chi connectivity index (χ1) is 11.5. The second-order valence-electron chi connectivity index (χ2n) is 5.16. The summed E-state index contributed by atoms with van der Waals surface area (Å²) in [5, 5.41) is 10.4. The number of hydrogen-bond donors (Lipinski definition) is 1. The van der Waals surface area contributed by atoms with E-state index in [1.807, 2.05) is 0 Å². The van der Waals surface area contributed by atoms with Crippen LogP contribution in [-0.4, -0.2) is 39.2 Å². The molecule has 8 heteroatoms. The predicted molar refractivity (Wildman–Crippen MR) is 86.9 cm³/mol. The maximum absolute atomic E-state index is 13.1. The topological polar surface area (TPSA) is 88.4 Å². The van der Waals surface area contributed by atoms with Crippen molar-refractivity contribution in [1.82, 2.24) is 5.06 Å². The van der Waals surface area contributed by atoms with E-state index in [9.17, 15) is 13.6 Å². The van der Waals surface area contributed by atoms with Gasteiger partial charge in [0.15, 0.2) is 0 Å². The molecule has 0 spiro atoms. The number of ether oxygens (including phenoxy) is 2. The Balaban J connectivity index is 2.17. The lowest BCUT2D eigenvalue weighted by molar-refractivity contribution is -0.0179. The van der Waals surface area contributed by atoms with Crippen molar-refractivity contribution in [3.63, 3.8) is 0 Å². The molecule has 1 aliphatic rings. The van der Waals surface area contributed by atoms with Crippen LogP contribution in [0.3, 0.4) is 0 Å². The molecule has 126 valence electrons. The molecule has 0 radical (unpaired) electrons. The molecular weight excluding hydrogens is 332 g/mol. The standard InChI is InChI=1S/C16H16N2O5S/c1-22-12-6-13(23-2)8-14(7-12)24(20,21)15-5-3-4-11-9-18(19)10-17-16(11)15/h3-8,10,19H,9H2,1-2H3. The molecular formula is C16H16N2O5S. The third kappa shape index (κ3) is 2.81. The molecule has 24 heavy (non-hydrogen) atoms. The highest BCUT2D eigenvalue weighted by Gasteiger charge is 2.26. The van der Waals surface area contributed by atoms with Gasteiger partial charge in [0.25, 0.3) is 0 Å². The minimum absolute atomic E-state index is 0.0497. The van der Waals surface area contributed by atoms with Gasteiger partial charge in [-0.1, -0.05) is 12.1 Å². The van der Waals surface area contributed by atoms with E-state index in [1.54, 1.807) is 18.2 Å². The van der Waals surface area contributed by atoms with Crippen LogP contribution >= 0.6 is 0 Å². The summed E-state index contributed by atoms with van der Waals surface area (Å²) < 4.78 is 36.4. The number of benzene rings is 2. The van der Waals surface area contributed by atoms with E-state index < -0.39 is 9.84 Å². The second-order valence-corrected chi connectivity index (χ2v) is 7.08. The molecule has 2 aromatic carbocycles. The maximum Gasteiger partial charge on any atom is 0.209 e. The van der Waals surface area contributed by atoms with Crippen LogP contribution < -0.4 is 9.47 Å². The molecule has 0 saturated heterocycles. The Morgan fingerprint density at radius 2 is 1.79 bits per heavy atom. The van der Waals surface area contributed by atoms with Crippen LogP contribution in [0.5, 0.6) is 11.5 Å². The average Bonchev–Trinajstić information content (AvgIpc) is 2.60. The molecule has 0 unspecified atom stereocenters. The second kappa shape index (κ2) is 6.14. The third-order valence-corrected chi connectivity index (χ3v) is 5.42. The first-order valence-electron chi connectivity index (χ1n) is 7.05. The van der Waals surface area contributed by atoms with Crippen LogP contribution in [0.2, 0.25) is 0 Å². The first-order valence-corrected chi connectivity index (χ1v) is 8.54. The highest BCUT2D eigenvalue weighted by Crippen LogP contribution is 2.36. The van der Waals surface area contributed by atoms with Crippen molar-refractivity contribution in [2.45, 2.75) is 16.3 Å². The van der Waals surface area contributed by atoms with Crippen LogP contribution in [-0.2, 0) is 16.4 Å². The molecule has 0 aliphatic carbocycles. The van der Waals surface area contributed by atoms with Gasteiger partial charge in [0, 0.05) is 11.6 Å². The van der Waals surface area contributed by atoms with Gasteiger partial charge in [-0.2, -0.15) is 0 Å². The molecule has 1 heterocycles. The van der Waals surface area contributed by atoms with Crippen LogP contribution in [0.25, 0.3) is 0 Å². The van der Waals surface area contributed by atoms with E-state index in [2.05, 4.69) is 4.99 Å². The molecule has 2 aromatic rings. The molecule has 7 nitrogen and oxygen atoms in total. The van der Waals surface area contributed by atoms with Gasteiger partial charge >= 0.3 is 0 Å². The van der Waals surface area contributed by atoms with Gasteiger partial charge in [0.2, 0.25) is 9.84 Å². The minimum atomic E-state index is -3.84. The Labute approximate surface area is 139 Å². The van der Waals surface area contributed by atoms with Gasteiger partial charge in [-0.25, -0.2) is 18.5 Å². The van der Waals surface area contributed by atoms with Gasteiger partial charge in [-0.3, -0.25) is 5.21 Å². The number of sulfone groups is 1. The van der Waals surface area contributed by atoms with Crippen molar-refractivity contribution in [3.8, 4) is 11.5 Å². The summed E-state index contributed by atoms with van der Waals surface area (Å²) in [6, 6.07) is 9.30. The van der Waals surface area contributed by atoms with E-state index in [4.69, 9.17) is 9.47 Å².